The van der Waals surface area contributed by atoms with Gasteiger partial charge in [-0.25, -0.2) is 0 Å². The first-order valence-corrected chi connectivity index (χ1v) is 6.83. The van der Waals surface area contributed by atoms with Crippen molar-refractivity contribution < 1.29 is 4.74 Å². The fourth-order valence-corrected chi connectivity index (χ4v) is 2.45. The molecule has 0 aliphatic carbocycles. The third-order valence-electron chi connectivity index (χ3n) is 2.57. The Morgan fingerprint density at radius 2 is 2.06 bits per heavy atom. The van der Waals surface area contributed by atoms with Crippen LogP contribution in [-0.2, 0) is 11.2 Å². The molecule has 1 unspecified atom stereocenters. The van der Waals surface area contributed by atoms with Crippen LogP contribution in [-0.4, -0.2) is 23.4 Å². The van der Waals surface area contributed by atoms with Gasteiger partial charge in [-0.15, -0.1) is 10.2 Å². The molecule has 4 nitrogen and oxygen atoms in total. The van der Waals surface area contributed by atoms with Gasteiger partial charge in [0, 0.05) is 13.0 Å². The second kappa shape index (κ2) is 6.58. The molecule has 5 heteroatoms. The van der Waals surface area contributed by atoms with Gasteiger partial charge in [0.15, 0.2) is 0 Å². The van der Waals surface area contributed by atoms with Crippen LogP contribution in [0.2, 0.25) is 0 Å². The Morgan fingerprint density at radius 3 is 2.78 bits per heavy atom. The van der Waals surface area contributed by atoms with Gasteiger partial charge in [-0.1, -0.05) is 41.7 Å². The Kier molecular flexibility index (Phi) is 4.81. The van der Waals surface area contributed by atoms with Crippen LogP contribution < -0.4 is 5.73 Å². The Labute approximate surface area is 111 Å². The molecular formula is C13H17N3OS. The van der Waals surface area contributed by atoms with Crippen molar-refractivity contribution in [3.05, 3.63) is 45.9 Å². The van der Waals surface area contributed by atoms with Crippen molar-refractivity contribution in [1.82, 2.24) is 10.2 Å². The van der Waals surface area contributed by atoms with Crippen LogP contribution in [0.5, 0.6) is 0 Å². The summed E-state index contributed by atoms with van der Waals surface area (Å²) in [6.07, 6.45) is 0.799. The normalized spacial score (nSPS) is 12.6. The van der Waals surface area contributed by atoms with E-state index in [-0.39, 0.29) is 6.04 Å². The summed E-state index contributed by atoms with van der Waals surface area (Å²) in [6, 6.07) is 9.75. The number of aromatic nitrogens is 2. The Balaban J connectivity index is 2.01. The van der Waals surface area contributed by atoms with Gasteiger partial charge < -0.3 is 10.5 Å². The zero-order valence-corrected chi connectivity index (χ0v) is 11.2. The fraction of sp³-hybridized carbons (Fsp3) is 0.385. The molecule has 0 bridgehead atoms. The number of hydrogen-bond acceptors (Lipinski definition) is 5. The highest BCUT2D eigenvalue weighted by atomic mass is 32.1. The molecule has 96 valence electrons. The van der Waals surface area contributed by atoms with Crippen molar-refractivity contribution in [2.45, 2.75) is 19.4 Å². The number of hydrogen-bond donors (Lipinski definition) is 1. The molecule has 1 aromatic carbocycles. The van der Waals surface area contributed by atoms with Gasteiger partial charge in [0.05, 0.1) is 12.6 Å². The maximum absolute atomic E-state index is 6.16. The van der Waals surface area contributed by atoms with Crippen LogP contribution in [0.4, 0.5) is 0 Å². The Morgan fingerprint density at radius 1 is 1.28 bits per heavy atom. The highest BCUT2D eigenvalue weighted by molar-refractivity contribution is 7.11. The SMILES string of the molecule is CCOCCc1nnc(C(N)c2ccccc2)s1. The summed E-state index contributed by atoms with van der Waals surface area (Å²) in [7, 11) is 0. The summed E-state index contributed by atoms with van der Waals surface area (Å²) in [6.45, 7) is 3.40. The first kappa shape index (κ1) is 13.1. The summed E-state index contributed by atoms with van der Waals surface area (Å²) in [5, 5.41) is 10.1. The first-order chi connectivity index (χ1) is 8.81. The maximum atomic E-state index is 6.16. The molecule has 1 aromatic heterocycles. The third-order valence-corrected chi connectivity index (χ3v) is 3.64. The minimum atomic E-state index is -0.190. The molecule has 2 N–H and O–H groups in total. The second-order valence-corrected chi connectivity index (χ2v) is 4.96. The van der Waals surface area contributed by atoms with E-state index < -0.39 is 0 Å². The van der Waals surface area contributed by atoms with Gasteiger partial charge in [0.25, 0.3) is 0 Å². The molecule has 0 radical (unpaired) electrons. The molecule has 0 fully saturated rings. The number of benzene rings is 1. The summed E-state index contributed by atoms with van der Waals surface area (Å²) in [4.78, 5) is 0. The van der Waals surface area contributed by atoms with E-state index in [0.717, 1.165) is 28.6 Å². The highest BCUT2D eigenvalue weighted by Crippen LogP contribution is 2.22. The summed E-state index contributed by atoms with van der Waals surface area (Å²) in [5.74, 6) is 0. The molecular weight excluding hydrogens is 246 g/mol. The van der Waals surface area contributed by atoms with Crippen molar-refractivity contribution in [1.29, 1.82) is 0 Å². The monoisotopic (exact) mass is 263 g/mol. The van der Waals surface area contributed by atoms with E-state index in [1.807, 2.05) is 37.3 Å². The molecule has 1 atom stereocenters. The molecule has 0 aliphatic rings. The third kappa shape index (κ3) is 3.35. The summed E-state index contributed by atoms with van der Waals surface area (Å²) in [5.41, 5.74) is 7.22. The number of rotatable bonds is 6. The maximum Gasteiger partial charge on any atom is 0.138 e. The van der Waals surface area contributed by atoms with E-state index in [2.05, 4.69) is 10.2 Å². The molecule has 0 aliphatic heterocycles. The zero-order chi connectivity index (χ0) is 12.8. The lowest BCUT2D eigenvalue weighted by atomic mass is 10.1. The van der Waals surface area contributed by atoms with Crippen LogP contribution in [0, 0.1) is 0 Å². The number of nitrogens with zero attached hydrogens (tertiary/aromatic N) is 2. The number of nitrogens with two attached hydrogens (primary N) is 1. The van der Waals surface area contributed by atoms with Crippen molar-refractivity contribution in [2.24, 2.45) is 5.73 Å². The molecule has 0 amide bonds. The van der Waals surface area contributed by atoms with Crippen LogP contribution in [0.25, 0.3) is 0 Å². The smallest absolute Gasteiger partial charge is 0.138 e. The van der Waals surface area contributed by atoms with E-state index in [1.165, 1.54) is 0 Å². The molecule has 0 spiro atoms. The van der Waals surface area contributed by atoms with Crippen molar-refractivity contribution in [3.63, 3.8) is 0 Å². The van der Waals surface area contributed by atoms with E-state index >= 15 is 0 Å². The van der Waals surface area contributed by atoms with Gasteiger partial charge in [-0.05, 0) is 12.5 Å². The average molecular weight is 263 g/mol. The lowest BCUT2D eigenvalue weighted by Gasteiger charge is -2.06. The van der Waals surface area contributed by atoms with Crippen LogP contribution in [0.15, 0.2) is 30.3 Å². The van der Waals surface area contributed by atoms with Gasteiger partial charge in [-0.2, -0.15) is 0 Å². The van der Waals surface area contributed by atoms with Crippen LogP contribution in [0.3, 0.4) is 0 Å². The summed E-state index contributed by atoms with van der Waals surface area (Å²) < 4.78 is 5.30. The lowest BCUT2D eigenvalue weighted by molar-refractivity contribution is 0.150. The highest BCUT2D eigenvalue weighted by Gasteiger charge is 2.14. The first-order valence-electron chi connectivity index (χ1n) is 6.01. The van der Waals surface area contributed by atoms with Gasteiger partial charge in [0.2, 0.25) is 0 Å². The van der Waals surface area contributed by atoms with Crippen molar-refractivity contribution >= 4 is 11.3 Å². The standard InChI is InChI=1S/C13H17N3OS/c1-2-17-9-8-11-15-16-13(18-11)12(14)10-6-4-3-5-7-10/h3-7,12H,2,8-9,14H2,1H3. The van der Waals surface area contributed by atoms with Crippen molar-refractivity contribution in [3.8, 4) is 0 Å². The average Bonchev–Trinajstić information content (AvgIpc) is 2.88. The molecule has 1 heterocycles. The topological polar surface area (TPSA) is 61.0 Å². The second-order valence-electron chi connectivity index (χ2n) is 3.87. The Hall–Kier alpha value is -1.30. The van der Waals surface area contributed by atoms with E-state index in [0.29, 0.717) is 6.61 Å². The molecule has 18 heavy (non-hydrogen) atoms. The molecule has 2 rings (SSSR count). The molecule has 2 aromatic rings. The van der Waals surface area contributed by atoms with E-state index in [1.54, 1.807) is 11.3 Å². The predicted molar refractivity (Wildman–Crippen MR) is 72.6 cm³/mol. The van der Waals surface area contributed by atoms with E-state index in [4.69, 9.17) is 10.5 Å². The fourth-order valence-electron chi connectivity index (χ4n) is 1.60. The van der Waals surface area contributed by atoms with Gasteiger partial charge in [0.1, 0.15) is 10.0 Å². The van der Waals surface area contributed by atoms with Crippen LogP contribution >= 0.6 is 11.3 Å². The Bertz CT molecular complexity index is 472. The largest absolute Gasteiger partial charge is 0.381 e. The summed E-state index contributed by atoms with van der Waals surface area (Å²) >= 11 is 1.56. The van der Waals surface area contributed by atoms with Gasteiger partial charge in [-0.3, -0.25) is 0 Å². The van der Waals surface area contributed by atoms with Crippen LogP contribution in [0.1, 0.15) is 28.5 Å². The van der Waals surface area contributed by atoms with Crippen molar-refractivity contribution in [2.75, 3.05) is 13.2 Å². The number of ether oxygens (including phenoxy) is 1. The molecule has 0 saturated carbocycles. The van der Waals surface area contributed by atoms with Gasteiger partial charge >= 0.3 is 0 Å². The quantitative estimate of drug-likeness (QED) is 0.811. The minimum absolute atomic E-state index is 0.190. The van der Waals surface area contributed by atoms with E-state index in [9.17, 15) is 0 Å². The zero-order valence-electron chi connectivity index (χ0n) is 10.4. The lowest BCUT2D eigenvalue weighted by Crippen LogP contribution is -2.11. The minimum Gasteiger partial charge on any atom is -0.381 e. The predicted octanol–water partition coefficient (Wildman–Crippen LogP) is 2.17. The molecule has 0 saturated heterocycles.